The van der Waals surface area contributed by atoms with Crippen molar-refractivity contribution < 1.29 is 4.79 Å². The van der Waals surface area contributed by atoms with Crippen molar-refractivity contribution in [2.75, 3.05) is 12.3 Å². The number of nitrogens with zero attached hydrogens (tertiary/aromatic N) is 4. The molecule has 1 unspecified atom stereocenters. The number of fused-ring (bicyclic) bond motifs is 1. The van der Waals surface area contributed by atoms with Crippen LogP contribution in [0.1, 0.15) is 49.2 Å². The first-order valence-electron chi connectivity index (χ1n) is 10.0. The van der Waals surface area contributed by atoms with Crippen LogP contribution in [0, 0.1) is 0 Å². The molecule has 30 heavy (non-hydrogen) atoms. The minimum atomic E-state index is -0.522. The van der Waals surface area contributed by atoms with Crippen LogP contribution in [0.15, 0.2) is 60.5 Å². The lowest BCUT2D eigenvalue weighted by Gasteiger charge is -2.26. The third kappa shape index (κ3) is 3.70. The maximum Gasteiger partial charge on any atom is 0.251 e. The molecule has 1 amide bonds. The Labute approximate surface area is 175 Å². The fourth-order valence-electron chi connectivity index (χ4n) is 3.68. The molecule has 1 aromatic carbocycles. The van der Waals surface area contributed by atoms with Crippen LogP contribution in [0.4, 0.5) is 5.82 Å². The Kier molecular flexibility index (Phi) is 5.11. The van der Waals surface area contributed by atoms with Gasteiger partial charge in [0.1, 0.15) is 12.1 Å². The second-order valence-corrected chi connectivity index (χ2v) is 8.27. The maximum absolute atomic E-state index is 12.5. The summed E-state index contributed by atoms with van der Waals surface area (Å²) in [6.45, 7) is 6.51. The highest BCUT2D eigenvalue weighted by Gasteiger charge is 2.30. The molecule has 3 aromatic rings. The van der Waals surface area contributed by atoms with Crippen molar-refractivity contribution in [2.45, 2.75) is 38.6 Å². The molecule has 2 heterocycles. The summed E-state index contributed by atoms with van der Waals surface area (Å²) in [6, 6.07) is 9.17. The fraction of sp³-hybridized carbons (Fsp3) is 0.304. The first kappa shape index (κ1) is 19.8. The highest BCUT2D eigenvalue weighted by atomic mass is 16.1. The van der Waals surface area contributed by atoms with Gasteiger partial charge in [0.2, 0.25) is 0 Å². The quantitative estimate of drug-likeness (QED) is 0.680. The third-order valence-electron chi connectivity index (χ3n) is 5.45. The van der Waals surface area contributed by atoms with Gasteiger partial charge in [-0.15, -0.1) is 0 Å². The lowest BCUT2D eigenvalue weighted by molar-refractivity contribution is 0.0936. The molecule has 0 bridgehead atoms. The standard InChI is InChI=1S/C23H26N6O/c1-15-9-11-16(12-10-15)19-18-20(24)26-14-27-21(18)29(28-19)23(2,3)13-25-22(30)17-7-5-4-6-8-17/h4-11,14,16H,12-13H2,1-3H3,(H,25,30)(H2,24,26,27). The van der Waals surface area contributed by atoms with Crippen molar-refractivity contribution >= 4 is 22.8 Å². The van der Waals surface area contributed by atoms with Gasteiger partial charge in [-0.3, -0.25) is 4.79 Å². The number of rotatable bonds is 5. The molecular weight excluding hydrogens is 376 g/mol. The average molecular weight is 403 g/mol. The lowest BCUT2D eigenvalue weighted by Crippen LogP contribution is -2.41. The predicted octanol–water partition coefficient (Wildman–Crippen LogP) is 3.56. The summed E-state index contributed by atoms with van der Waals surface area (Å²) in [5.74, 6) is 0.413. The van der Waals surface area contributed by atoms with E-state index >= 15 is 0 Å². The maximum atomic E-state index is 12.5. The molecule has 0 radical (unpaired) electrons. The predicted molar refractivity (Wildman–Crippen MR) is 118 cm³/mol. The van der Waals surface area contributed by atoms with Gasteiger partial charge in [0.15, 0.2) is 5.65 Å². The topological polar surface area (TPSA) is 98.7 Å². The molecule has 154 valence electrons. The number of hydrogen-bond donors (Lipinski definition) is 2. The highest BCUT2D eigenvalue weighted by molar-refractivity contribution is 5.94. The van der Waals surface area contributed by atoms with Crippen molar-refractivity contribution in [3.8, 4) is 0 Å². The van der Waals surface area contributed by atoms with Gasteiger partial charge < -0.3 is 11.1 Å². The summed E-state index contributed by atoms with van der Waals surface area (Å²) in [7, 11) is 0. The van der Waals surface area contributed by atoms with Crippen molar-refractivity contribution in [1.29, 1.82) is 0 Å². The summed E-state index contributed by atoms with van der Waals surface area (Å²) in [6.07, 6.45) is 8.76. The second-order valence-electron chi connectivity index (χ2n) is 8.27. The average Bonchev–Trinajstić information content (AvgIpc) is 3.15. The normalized spacial score (nSPS) is 16.5. The van der Waals surface area contributed by atoms with E-state index in [1.165, 1.54) is 11.9 Å². The molecule has 1 aliphatic carbocycles. The first-order valence-corrected chi connectivity index (χ1v) is 10.0. The van der Waals surface area contributed by atoms with E-state index in [-0.39, 0.29) is 11.8 Å². The summed E-state index contributed by atoms with van der Waals surface area (Å²) in [5, 5.41) is 8.72. The fourth-order valence-corrected chi connectivity index (χ4v) is 3.68. The zero-order valence-corrected chi connectivity index (χ0v) is 17.5. The smallest absolute Gasteiger partial charge is 0.251 e. The lowest BCUT2D eigenvalue weighted by atomic mass is 9.93. The third-order valence-corrected chi connectivity index (χ3v) is 5.45. The van der Waals surface area contributed by atoms with E-state index in [0.717, 1.165) is 17.5 Å². The van der Waals surface area contributed by atoms with E-state index in [0.29, 0.717) is 23.6 Å². The molecule has 0 saturated heterocycles. The van der Waals surface area contributed by atoms with Gasteiger partial charge in [-0.2, -0.15) is 5.10 Å². The largest absolute Gasteiger partial charge is 0.383 e. The molecule has 0 saturated carbocycles. The Morgan fingerprint density at radius 1 is 1.27 bits per heavy atom. The van der Waals surface area contributed by atoms with E-state index in [9.17, 15) is 4.79 Å². The minimum Gasteiger partial charge on any atom is -0.383 e. The highest BCUT2D eigenvalue weighted by Crippen LogP contribution is 2.34. The zero-order valence-electron chi connectivity index (χ0n) is 17.5. The summed E-state index contributed by atoms with van der Waals surface area (Å²) >= 11 is 0. The van der Waals surface area contributed by atoms with Crippen LogP contribution in [0.3, 0.4) is 0 Å². The van der Waals surface area contributed by atoms with Crippen LogP contribution >= 0.6 is 0 Å². The van der Waals surface area contributed by atoms with E-state index in [1.807, 2.05) is 36.7 Å². The number of nitrogens with two attached hydrogens (primary N) is 1. The van der Waals surface area contributed by atoms with Gasteiger partial charge in [0.25, 0.3) is 5.91 Å². The van der Waals surface area contributed by atoms with Gasteiger partial charge in [-0.1, -0.05) is 42.0 Å². The number of carbonyl (C=O) groups is 1. The monoisotopic (exact) mass is 402 g/mol. The van der Waals surface area contributed by atoms with Crippen molar-refractivity contribution in [1.82, 2.24) is 25.1 Å². The van der Waals surface area contributed by atoms with Crippen molar-refractivity contribution in [3.63, 3.8) is 0 Å². The van der Waals surface area contributed by atoms with Gasteiger partial charge in [0.05, 0.1) is 16.6 Å². The minimum absolute atomic E-state index is 0.112. The first-order chi connectivity index (χ1) is 14.4. The van der Waals surface area contributed by atoms with E-state index < -0.39 is 5.54 Å². The summed E-state index contributed by atoms with van der Waals surface area (Å²) in [5.41, 5.74) is 9.12. The number of nitrogens with one attached hydrogen (secondary N) is 1. The Hall–Kier alpha value is -3.48. The SMILES string of the molecule is CC1=CCC(c2nn(C(C)(C)CNC(=O)c3ccccc3)c3ncnc(N)c23)C=C1. The van der Waals surface area contributed by atoms with Crippen LogP contribution in [0.2, 0.25) is 0 Å². The van der Waals surface area contributed by atoms with Crippen LogP contribution in [0.25, 0.3) is 11.0 Å². The molecule has 3 N–H and O–H groups in total. The Morgan fingerprint density at radius 3 is 2.73 bits per heavy atom. The van der Waals surface area contributed by atoms with E-state index in [1.54, 1.807) is 12.1 Å². The van der Waals surface area contributed by atoms with Crippen LogP contribution in [-0.4, -0.2) is 32.2 Å². The molecular formula is C23H26N6O. The molecule has 1 aliphatic rings. The second kappa shape index (κ2) is 7.74. The van der Waals surface area contributed by atoms with Crippen molar-refractivity contribution in [3.05, 3.63) is 71.7 Å². The Bertz CT molecular complexity index is 1140. The Balaban J connectivity index is 1.67. The molecule has 7 nitrogen and oxygen atoms in total. The van der Waals surface area contributed by atoms with Gasteiger partial charge >= 0.3 is 0 Å². The van der Waals surface area contributed by atoms with Crippen molar-refractivity contribution in [2.24, 2.45) is 0 Å². The zero-order chi connectivity index (χ0) is 21.3. The number of carbonyl (C=O) groups excluding carboxylic acids is 1. The van der Waals surface area contributed by atoms with E-state index in [4.69, 9.17) is 10.8 Å². The number of aromatic nitrogens is 4. The number of amides is 1. The molecule has 0 fully saturated rings. The number of nitrogen functional groups attached to an aromatic ring is 1. The molecule has 7 heteroatoms. The van der Waals surface area contributed by atoms with Gasteiger partial charge in [-0.05, 0) is 39.3 Å². The van der Waals surface area contributed by atoms with Gasteiger partial charge in [0, 0.05) is 18.0 Å². The Morgan fingerprint density at radius 2 is 2.03 bits per heavy atom. The van der Waals surface area contributed by atoms with Crippen LogP contribution in [0.5, 0.6) is 0 Å². The summed E-state index contributed by atoms with van der Waals surface area (Å²) < 4.78 is 1.86. The number of anilines is 1. The molecule has 1 atom stereocenters. The number of allylic oxidation sites excluding steroid dienone is 4. The number of hydrogen-bond acceptors (Lipinski definition) is 5. The molecule has 0 aliphatic heterocycles. The summed E-state index contributed by atoms with van der Waals surface area (Å²) in [4.78, 5) is 21.2. The van der Waals surface area contributed by atoms with Gasteiger partial charge in [-0.25, -0.2) is 14.6 Å². The van der Waals surface area contributed by atoms with Crippen LogP contribution in [-0.2, 0) is 5.54 Å². The molecule has 2 aromatic heterocycles. The van der Waals surface area contributed by atoms with Crippen LogP contribution < -0.4 is 11.1 Å². The van der Waals surface area contributed by atoms with E-state index in [2.05, 4.69) is 40.4 Å². The molecule has 4 rings (SSSR count). The molecule has 0 spiro atoms. The number of benzene rings is 1.